The number of anilines is 1. The standard InChI is InChI=1S/C20H18BrNO4/c1-13(23)17-8-3-4-9-18(17)22-20(25)14(2)26-19(24)11-10-15-6-5-7-16(21)12-15/h3-12,14H,1-2H3,(H,22,25)/b11-10+/t14-/m0/s1. The van der Waals surface area contributed by atoms with E-state index >= 15 is 0 Å². The third kappa shape index (κ3) is 5.67. The SMILES string of the molecule is CC(=O)c1ccccc1NC(=O)[C@H](C)OC(=O)/C=C/c1cccc(Br)c1. The number of nitrogens with one attached hydrogen (secondary N) is 1. The molecular formula is C20H18BrNO4. The Kier molecular flexibility index (Phi) is 6.86. The van der Waals surface area contributed by atoms with Crippen LogP contribution in [-0.2, 0) is 14.3 Å². The molecule has 5 nitrogen and oxygen atoms in total. The van der Waals surface area contributed by atoms with Crippen LogP contribution in [0.25, 0.3) is 6.08 Å². The summed E-state index contributed by atoms with van der Waals surface area (Å²) in [6.45, 7) is 2.89. The molecule has 0 saturated heterocycles. The van der Waals surface area contributed by atoms with Crippen LogP contribution in [0.4, 0.5) is 5.69 Å². The molecule has 0 radical (unpaired) electrons. The molecule has 0 fully saturated rings. The summed E-state index contributed by atoms with van der Waals surface area (Å²) >= 11 is 3.35. The van der Waals surface area contributed by atoms with E-state index in [-0.39, 0.29) is 5.78 Å². The molecule has 26 heavy (non-hydrogen) atoms. The normalized spacial score (nSPS) is 11.8. The maximum Gasteiger partial charge on any atom is 0.331 e. The van der Waals surface area contributed by atoms with Gasteiger partial charge in [-0.3, -0.25) is 9.59 Å². The first-order chi connectivity index (χ1) is 12.4. The Labute approximate surface area is 160 Å². The van der Waals surface area contributed by atoms with Crippen LogP contribution >= 0.6 is 15.9 Å². The van der Waals surface area contributed by atoms with Gasteiger partial charge in [-0.2, -0.15) is 0 Å². The molecule has 0 aromatic heterocycles. The zero-order valence-corrected chi connectivity index (χ0v) is 15.9. The largest absolute Gasteiger partial charge is 0.449 e. The summed E-state index contributed by atoms with van der Waals surface area (Å²) in [5, 5.41) is 2.61. The number of halogens is 1. The van der Waals surface area contributed by atoms with Gasteiger partial charge in [0.1, 0.15) is 0 Å². The fourth-order valence-corrected chi connectivity index (χ4v) is 2.59. The average Bonchev–Trinajstić information content (AvgIpc) is 2.60. The molecule has 0 saturated carbocycles. The smallest absolute Gasteiger partial charge is 0.331 e. The van der Waals surface area contributed by atoms with Gasteiger partial charge in [0.15, 0.2) is 11.9 Å². The summed E-state index contributed by atoms with van der Waals surface area (Å²) in [7, 11) is 0. The second kappa shape index (κ2) is 9.10. The minimum atomic E-state index is -1.00. The zero-order chi connectivity index (χ0) is 19.1. The van der Waals surface area contributed by atoms with Gasteiger partial charge in [-0.15, -0.1) is 0 Å². The summed E-state index contributed by atoms with van der Waals surface area (Å²) in [6.07, 6.45) is 1.85. The minimum absolute atomic E-state index is 0.164. The predicted molar refractivity (Wildman–Crippen MR) is 104 cm³/mol. The number of rotatable bonds is 6. The lowest BCUT2D eigenvalue weighted by Crippen LogP contribution is -2.30. The Morgan fingerprint density at radius 2 is 1.85 bits per heavy atom. The topological polar surface area (TPSA) is 72.5 Å². The zero-order valence-electron chi connectivity index (χ0n) is 14.4. The number of hydrogen-bond acceptors (Lipinski definition) is 4. The summed E-state index contributed by atoms with van der Waals surface area (Å²) in [4.78, 5) is 35.7. The highest BCUT2D eigenvalue weighted by molar-refractivity contribution is 9.10. The van der Waals surface area contributed by atoms with E-state index < -0.39 is 18.0 Å². The highest BCUT2D eigenvalue weighted by Gasteiger charge is 2.18. The maximum atomic E-state index is 12.2. The van der Waals surface area contributed by atoms with Crippen molar-refractivity contribution in [1.29, 1.82) is 0 Å². The van der Waals surface area contributed by atoms with Gasteiger partial charge >= 0.3 is 5.97 Å². The molecule has 2 aromatic rings. The van der Waals surface area contributed by atoms with Crippen molar-refractivity contribution in [3.8, 4) is 0 Å². The van der Waals surface area contributed by atoms with E-state index in [2.05, 4.69) is 21.2 Å². The summed E-state index contributed by atoms with van der Waals surface area (Å²) in [5.74, 6) is -1.31. The molecule has 6 heteroatoms. The fraction of sp³-hybridized carbons (Fsp3) is 0.150. The van der Waals surface area contributed by atoms with Crippen LogP contribution in [0.15, 0.2) is 59.1 Å². The van der Waals surface area contributed by atoms with Crippen LogP contribution in [-0.4, -0.2) is 23.8 Å². The number of amides is 1. The number of carbonyl (C=O) groups excluding carboxylic acids is 3. The van der Waals surface area contributed by atoms with Crippen LogP contribution in [0.2, 0.25) is 0 Å². The number of hydrogen-bond donors (Lipinski definition) is 1. The van der Waals surface area contributed by atoms with Gasteiger partial charge in [0.2, 0.25) is 0 Å². The Morgan fingerprint density at radius 1 is 1.12 bits per heavy atom. The minimum Gasteiger partial charge on any atom is -0.449 e. The van der Waals surface area contributed by atoms with Crippen molar-refractivity contribution in [3.05, 3.63) is 70.2 Å². The molecule has 2 aromatic carbocycles. The van der Waals surface area contributed by atoms with Gasteiger partial charge in [-0.05, 0) is 49.8 Å². The first-order valence-electron chi connectivity index (χ1n) is 7.92. The molecule has 0 aliphatic carbocycles. The number of ketones is 1. The van der Waals surface area contributed by atoms with Crippen molar-refractivity contribution in [2.75, 3.05) is 5.32 Å². The van der Waals surface area contributed by atoms with Gasteiger partial charge in [0.25, 0.3) is 5.91 Å². The lowest BCUT2D eigenvalue weighted by Gasteiger charge is -2.14. The molecule has 0 bridgehead atoms. The number of esters is 1. The predicted octanol–water partition coefficient (Wildman–Crippen LogP) is 4.24. The van der Waals surface area contributed by atoms with Crippen LogP contribution < -0.4 is 5.32 Å². The van der Waals surface area contributed by atoms with E-state index in [0.717, 1.165) is 10.0 Å². The van der Waals surface area contributed by atoms with Gasteiger partial charge in [-0.1, -0.05) is 40.2 Å². The fourth-order valence-electron chi connectivity index (χ4n) is 2.18. The highest BCUT2D eigenvalue weighted by atomic mass is 79.9. The van der Waals surface area contributed by atoms with Crippen molar-refractivity contribution in [3.63, 3.8) is 0 Å². The summed E-state index contributed by atoms with van der Waals surface area (Å²) < 4.78 is 6.00. The van der Waals surface area contributed by atoms with Crippen LogP contribution in [0.5, 0.6) is 0 Å². The monoisotopic (exact) mass is 415 g/mol. The van der Waals surface area contributed by atoms with Crippen LogP contribution in [0.1, 0.15) is 29.8 Å². The number of carbonyl (C=O) groups is 3. The van der Waals surface area contributed by atoms with Crippen molar-refractivity contribution in [1.82, 2.24) is 0 Å². The van der Waals surface area contributed by atoms with E-state index in [1.807, 2.05) is 24.3 Å². The van der Waals surface area contributed by atoms with E-state index in [0.29, 0.717) is 11.3 Å². The molecule has 1 atom stereocenters. The molecule has 1 N–H and O–H groups in total. The number of para-hydroxylation sites is 1. The Hall–Kier alpha value is -2.73. The van der Waals surface area contributed by atoms with Crippen LogP contribution in [0, 0.1) is 0 Å². The van der Waals surface area contributed by atoms with Crippen molar-refractivity contribution in [2.45, 2.75) is 20.0 Å². The molecular weight excluding hydrogens is 398 g/mol. The lowest BCUT2D eigenvalue weighted by atomic mass is 10.1. The number of benzene rings is 2. The quantitative estimate of drug-likeness (QED) is 0.435. The third-order valence-corrected chi connectivity index (χ3v) is 3.98. The third-order valence-electron chi connectivity index (χ3n) is 3.49. The van der Waals surface area contributed by atoms with E-state index in [1.54, 1.807) is 30.3 Å². The first-order valence-corrected chi connectivity index (χ1v) is 8.71. The molecule has 2 rings (SSSR count). The molecule has 0 aliphatic heterocycles. The van der Waals surface area contributed by atoms with Gasteiger partial charge in [-0.25, -0.2) is 4.79 Å². The molecule has 0 heterocycles. The molecule has 0 spiro atoms. The van der Waals surface area contributed by atoms with Crippen LogP contribution in [0.3, 0.4) is 0 Å². The molecule has 0 aliphatic rings. The second-order valence-corrected chi connectivity index (χ2v) is 6.47. The first kappa shape index (κ1) is 19.6. The van der Waals surface area contributed by atoms with E-state index in [9.17, 15) is 14.4 Å². The Morgan fingerprint density at radius 3 is 2.54 bits per heavy atom. The Bertz CT molecular complexity index is 860. The second-order valence-electron chi connectivity index (χ2n) is 5.56. The van der Waals surface area contributed by atoms with E-state index in [4.69, 9.17) is 4.74 Å². The van der Waals surface area contributed by atoms with Crippen molar-refractivity contribution < 1.29 is 19.1 Å². The van der Waals surface area contributed by atoms with Crippen molar-refractivity contribution >= 4 is 45.4 Å². The number of ether oxygens (including phenoxy) is 1. The van der Waals surface area contributed by atoms with E-state index in [1.165, 1.54) is 19.9 Å². The maximum absolute atomic E-state index is 12.2. The van der Waals surface area contributed by atoms with Crippen molar-refractivity contribution in [2.24, 2.45) is 0 Å². The van der Waals surface area contributed by atoms with Gasteiger partial charge < -0.3 is 10.1 Å². The van der Waals surface area contributed by atoms with Gasteiger partial charge in [0.05, 0.1) is 5.69 Å². The molecule has 0 unspecified atom stereocenters. The molecule has 134 valence electrons. The highest BCUT2D eigenvalue weighted by Crippen LogP contribution is 2.16. The summed E-state index contributed by atoms with van der Waals surface area (Å²) in [6, 6.07) is 14.1. The van der Waals surface area contributed by atoms with Gasteiger partial charge in [0, 0.05) is 16.1 Å². The molecule has 1 amide bonds. The average molecular weight is 416 g/mol. The number of Topliss-reactive ketones (excluding diaryl/α,β-unsaturated/α-hetero) is 1. The summed E-state index contributed by atoms with van der Waals surface area (Å²) in [5.41, 5.74) is 1.61. The Balaban J connectivity index is 1.96. The lowest BCUT2D eigenvalue weighted by molar-refractivity contribution is -0.148.